The third-order valence-electron chi connectivity index (χ3n) is 2.64. The van der Waals surface area contributed by atoms with Gasteiger partial charge in [0.05, 0.1) is 12.2 Å². The molecule has 0 bridgehead atoms. The largest absolute Gasteiger partial charge is 0.393 e. The Hall–Kier alpha value is -0.610. The molecule has 76 valence electrons. The first-order chi connectivity index (χ1) is 6.11. The second kappa shape index (κ2) is 4.07. The second-order valence-electron chi connectivity index (χ2n) is 3.62. The molecular weight excluding hydrogens is 170 g/mol. The molecule has 1 amide bonds. The van der Waals surface area contributed by atoms with Gasteiger partial charge in [-0.2, -0.15) is 0 Å². The summed E-state index contributed by atoms with van der Waals surface area (Å²) >= 11 is 0. The Kier molecular flexibility index (Phi) is 3.27. The lowest BCUT2D eigenvalue weighted by molar-refractivity contribution is -0.136. The maximum absolute atomic E-state index is 11.2. The van der Waals surface area contributed by atoms with Crippen LogP contribution in [-0.2, 0) is 4.79 Å². The van der Waals surface area contributed by atoms with Crippen LogP contribution >= 0.6 is 0 Å². The number of carbonyl (C=O) groups excluding carboxylic acids is 1. The van der Waals surface area contributed by atoms with Gasteiger partial charge < -0.3 is 15.1 Å². The Morgan fingerprint density at radius 3 is 2.38 bits per heavy atom. The average molecular weight is 187 g/mol. The van der Waals surface area contributed by atoms with Gasteiger partial charge in [0, 0.05) is 19.5 Å². The first-order valence-corrected chi connectivity index (χ1v) is 4.72. The maximum Gasteiger partial charge on any atom is 0.222 e. The molecule has 1 aliphatic rings. The van der Waals surface area contributed by atoms with E-state index in [2.05, 4.69) is 0 Å². The fraction of sp³-hybridized carbons (Fsp3) is 0.889. The van der Waals surface area contributed by atoms with Crippen LogP contribution in [0.1, 0.15) is 26.2 Å². The molecule has 0 spiro atoms. The van der Waals surface area contributed by atoms with Crippen molar-refractivity contribution in [1.29, 1.82) is 0 Å². The van der Waals surface area contributed by atoms with Crippen LogP contribution in [0, 0.1) is 0 Å². The Balaban J connectivity index is 2.43. The van der Waals surface area contributed by atoms with Crippen LogP contribution in [0.5, 0.6) is 0 Å². The van der Waals surface area contributed by atoms with Gasteiger partial charge in [-0.3, -0.25) is 4.79 Å². The molecule has 1 rings (SSSR count). The van der Waals surface area contributed by atoms with Crippen molar-refractivity contribution in [3.63, 3.8) is 0 Å². The van der Waals surface area contributed by atoms with E-state index in [0.717, 1.165) is 0 Å². The molecule has 1 fully saturated rings. The van der Waals surface area contributed by atoms with Crippen LogP contribution in [-0.4, -0.2) is 46.3 Å². The number of hydrogen-bond donors (Lipinski definition) is 2. The number of likely N-dealkylation sites (tertiary alicyclic amines) is 1. The molecule has 4 heteroatoms. The van der Waals surface area contributed by atoms with E-state index < -0.39 is 5.60 Å². The molecule has 0 unspecified atom stereocenters. The first kappa shape index (κ1) is 10.5. The molecule has 13 heavy (non-hydrogen) atoms. The van der Waals surface area contributed by atoms with Crippen molar-refractivity contribution < 1.29 is 15.0 Å². The highest BCUT2D eigenvalue weighted by Crippen LogP contribution is 2.21. The normalized spacial score (nSPS) is 21.6. The number of amides is 1. The number of aliphatic hydroxyl groups is 2. The number of carbonyl (C=O) groups is 1. The maximum atomic E-state index is 11.2. The van der Waals surface area contributed by atoms with Crippen LogP contribution < -0.4 is 0 Å². The van der Waals surface area contributed by atoms with Gasteiger partial charge in [0.1, 0.15) is 0 Å². The zero-order chi connectivity index (χ0) is 9.90. The highest BCUT2D eigenvalue weighted by Gasteiger charge is 2.32. The van der Waals surface area contributed by atoms with Crippen molar-refractivity contribution in [1.82, 2.24) is 4.90 Å². The van der Waals surface area contributed by atoms with E-state index in [1.165, 1.54) is 0 Å². The highest BCUT2D eigenvalue weighted by atomic mass is 16.3. The summed E-state index contributed by atoms with van der Waals surface area (Å²) in [5, 5.41) is 18.5. The Morgan fingerprint density at radius 1 is 1.46 bits per heavy atom. The van der Waals surface area contributed by atoms with Crippen molar-refractivity contribution >= 4 is 5.91 Å². The molecule has 1 heterocycles. The summed E-state index contributed by atoms with van der Waals surface area (Å²) in [5.41, 5.74) is -0.954. The molecular formula is C9H17NO3. The monoisotopic (exact) mass is 187 g/mol. The van der Waals surface area contributed by atoms with E-state index >= 15 is 0 Å². The average Bonchev–Trinajstić information content (AvgIpc) is 2.18. The molecule has 0 aliphatic carbocycles. The summed E-state index contributed by atoms with van der Waals surface area (Å²) < 4.78 is 0. The lowest BCUT2D eigenvalue weighted by Gasteiger charge is -2.36. The van der Waals surface area contributed by atoms with E-state index in [-0.39, 0.29) is 12.5 Å². The lowest BCUT2D eigenvalue weighted by Crippen LogP contribution is -2.48. The van der Waals surface area contributed by atoms with E-state index in [1.54, 1.807) is 4.90 Å². The summed E-state index contributed by atoms with van der Waals surface area (Å²) in [6, 6.07) is 0. The first-order valence-electron chi connectivity index (χ1n) is 4.72. The molecule has 0 radical (unpaired) electrons. The Morgan fingerprint density at radius 2 is 2.00 bits per heavy atom. The fourth-order valence-corrected chi connectivity index (χ4v) is 1.55. The van der Waals surface area contributed by atoms with E-state index in [9.17, 15) is 9.90 Å². The van der Waals surface area contributed by atoms with E-state index in [0.29, 0.717) is 32.4 Å². The smallest absolute Gasteiger partial charge is 0.222 e. The van der Waals surface area contributed by atoms with Gasteiger partial charge in [0.15, 0.2) is 0 Å². The second-order valence-corrected chi connectivity index (χ2v) is 3.62. The number of aliphatic hydroxyl groups excluding tert-OH is 1. The zero-order valence-electron chi connectivity index (χ0n) is 7.99. The topological polar surface area (TPSA) is 60.8 Å². The van der Waals surface area contributed by atoms with Crippen LogP contribution in [0.3, 0.4) is 0 Å². The Labute approximate surface area is 78.2 Å². The van der Waals surface area contributed by atoms with E-state index in [1.807, 2.05) is 6.92 Å². The highest BCUT2D eigenvalue weighted by molar-refractivity contribution is 5.75. The molecule has 1 saturated heterocycles. The van der Waals surface area contributed by atoms with Crippen LogP contribution in [0.25, 0.3) is 0 Å². The van der Waals surface area contributed by atoms with Gasteiger partial charge in [0.25, 0.3) is 0 Å². The van der Waals surface area contributed by atoms with Gasteiger partial charge in [-0.15, -0.1) is 0 Å². The zero-order valence-corrected chi connectivity index (χ0v) is 7.99. The van der Waals surface area contributed by atoms with Crippen molar-refractivity contribution in [2.45, 2.75) is 31.8 Å². The molecule has 2 N–H and O–H groups in total. The fourth-order valence-electron chi connectivity index (χ4n) is 1.55. The summed E-state index contributed by atoms with van der Waals surface area (Å²) in [6.45, 7) is 2.74. The van der Waals surface area contributed by atoms with Crippen LogP contribution in [0.15, 0.2) is 0 Å². The standard InChI is InChI=1S/C9H17NO3/c1-2-8(12)10-5-3-9(13,7-11)4-6-10/h11,13H,2-7H2,1H3. The van der Waals surface area contributed by atoms with Crippen molar-refractivity contribution in [3.05, 3.63) is 0 Å². The summed E-state index contributed by atoms with van der Waals surface area (Å²) in [7, 11) is 0. The summed E-state index contributed by atoms with van der Waals surface area (Å²) in [4.78, 5) is 13.0. The van der Waals surface area contributed by atoms with Gasteiger partial charge in [0.2, 0.25) is 5.91 Å². The SMILES string of the molecule is CCC(=O)N1CCC(O)(CO)CC1. The summed E-state index contributed by atoms with van der Waals surface area (Å²) in [5.74, 6) is 0.125. The number of piperidine rings is 1. The third kappa shape index (κ3) is 2.42. The van der Waals surface area contributed by atoms with Crippen molar-refractivity contribution in [2.24, 2.45) is 0 Å². The number of hydrogen-bond acceptors (Lipinski definition) is 3. The molecule has 4 nitrogen and oxygen atoms in total. The summed E-state index contributed by atoms with van der Waals surface area (Å²) in [6.07, 6.45) is 1.47. The van der Waals surface area contributed by atoms with Crippen molar-refractivity contribution in [2.75, 3.05) is 19.7 Å². The van der Waals surface area contributed by atoms with Gasteiger partial charge in [-0.1, -0.05) is 6.92 Å². The van der Waals surface area contributed by atoms with Crippen LogP contribution in [0.4, 0.5) is 0 Å². The number of rotatable bonds is 2. The van der Waals surface area contributed by atoms with Gasteiger partial charge in [-0.25, -0.2) is 0 Å². The predicted octanol–water partition coefficient (Wildman–Crippen LogP) is -0.258. The minimum atomic E-state index is -0.954. The molecule has 0 aromatic heterocycles. The molecule has 1 aliphatic heterocycles. The quantitative estimate of drug-likeness (QED) is 0.626. The van der Waals surface area contributed by atoms with Gasteiger partial charge >= 0.3 is 0 Å². The lowest BCUT2D eigenvalue weighted by atomic mass is 9.92. The third-order valence-corrected chi connectivity index (χ3v) is 2.64. The van der Waals surface area contributed by atoms with E-state index in [4.69, 9.17) is 5.11 Å². The minimum absolute atomic E-state index is 0.125. The molecule has 0 saturated carbocycles. The molecule has 0 aromatic carbocycles. The molecule has 0 aromatic rings. The Bertz CT molecular complexity index is 185. The minimum Gasteiger partial charge on any atom is -0.393 e. The van der Waals surface area contributed by atoms with Crippen LogP contribution in [0.2, 0.25) is 0 Å². The van der Waals surface area contributed by atoms with Crippen molar-refractivity contribution in [3.8, 4) is 0 Å². The predicted molar refractivity (Wildman–Crippen MR) is 48.1 cm³/mol. The number of nitrogens with zero attached hydrogens (tertiary/aromatic N) is 1. The van der Waals surface area contributed by atoms with Gasteiger partial charge in [-0.05, 0) is 12.8 Å². The molecule has 0 atom stereocenters.